The zero-order valence-corrected chi connectivity index (χ0v) is 11.6. The van der Waals surface area contributed by atoms with E-state index in [1.54, 1.807) is 6.26 Å². The first-order valence-electron chi connectivity index (χ1n) is 6.49. The van der Waals surface area contributed by atoms with Crippen LogP contribution in [0.3, 0.4) is 0 Å². The molecule has 1 unspecified atom stereocenters. The van der Waals surface area contributed by atoms with Gasteiger partial charge in [-0.15, -0.1) is 0 Å². The van der Waals surface area contributed by atoms with Crippen LogP contribution in [0.15, 0.2) is 28.9 Å². The van der Waals surface area contributed by atoms with Crippen LogP contribution >= 0.6 is 0 Å². The van der Waals surface area contributed by atoms with Gasteiger partial charge in [0.25, 0.3) is 0 Å². The molecular weight excluding hydrogens is 240 g/mol. The van der Waals surface area contributed by atoms with Crippen molar-refractivity contribution in [1.29, 1.82) is 0 Å². The molecule has 0 fully saturated rings. The molecule has 0 aliphatic heterocycles. The van der Waals surface area contributed by atoms with Gasteiger partial charge in [-0.2, -0.15) is 0 Å². The number of hydrogen-bond donors (Lipinski definition) is 2. The third-order valence-electron chi connectivity index (χ3n) is 2.89. The van der Waals surface area contributed by atoms with Gasteiger partial charge in [0.1, 0.15) is 23.2 Å². The van der Waals surface area contributed by atoms with Crippen LogP contribution < -0.4 is 10.6 Å². The van der Waals surface area contributed by atoms with Crippen LogP contribution in [0.1, 0.15) is 24.9 Å². The van der Waals surface area contributed by atoms with E-state index in [0.717, 1.165) is 36.1 Å². The average Bonchev–Trinajstić information content (AvgIpc) is 2.88. The summed E-state index contributed by atoms with van der Waals surface area (Å²) in [6, 6.07) is 6.15. The predicted molar refractivity (Wildman–Crippen MR) is 76.4 cm³/mol. The lowest BCUT2D eigenvalue weighted by molar-refractivity contribution is 0.495. The summed E-state index contributed by atoms with van der Waals surface area (Å²) in [7, 11) is 1.85. The van der Waals surface area contributed by atoms with E-state index < -0.39 is 0 Å². The van der Waals surface area contributed by atoms with Crippen LogP contribution in [0.2, 0.25) is 0 Å². The second-order valence-corrected chi connectivity index (χ2v) is 4.60. The molecule has 0 aliphatic carbocycles. The maximum atomic E-state index is 5.33. The van der Waals surface area contributed by atoms with Crippen LogP contribution in [-0.4, -0.2) is 23.1 Å². The standard InChI is InChI=1S/C14H20N4O/c1-10(6-7-12-5-4-8-19-12)16-14-9-13(15-3)17-11(2)18-14/h4-5,8-10H,6-7H2,1-3H3,(H2,15,16,17,18). The Labute approximate surface area is 113 Å². The summed E-state index contributed by atoms with van der Waals surface area (Å²) in [4.78, 5) is 8.65. The van der Waals surface area contributed by atoms with Crippen molar-refractivity contribution < 1.29 is 4.42 Å². The number of anilines is 2. The molecule has 2 aromatic rings. The Morgan fingerprint density at radius 2 is 2.11 bits per heavy atom. The van der Waals surface area contributed by atoms with E-state index in [9.17, 15) is 0 Å². The highest BCUT2D eigenvalue weighted by Gasteiger charge is 2.06. The maximum Gasteiger partial charge on any atom is 0.132 e. The molecule has 19 heavy (non-hydrogen) atoms. The summed E-state index contributed by atoms with van der Waals surface area (Å²) < 4.78 is 5.33. The molecule has 0 aromatic carbocycles. The van der Waals surface area contributed by atoms with E-state index in [-0.39, 0.29) is 0 Å². The Hall–Kier alpha value is -2.04. The number of hydrogen-bond acceptors (Lipinski definition) is 5. The van der Waals surface area contributed by atoms with Gasteiger partial charge in [-0.25, -0.2) is 9.97 Å². The van der Waals surface area contributed by atoms with E-state index in [2.05, 4.69) is 27.5 Å². The second-order valence-electron chi connectivity index (χ2n) is 4.60. The van der Waals surface area contributed by atoms with Crippen molar-refractivity contribution in [3.8, 4) is 0 Å². The quantitative estimate of drug-likeness (QED) is 0.836. The third kappa shape index (κ3) is 3.98. The van der Waals surface area contributed by atoms with Gasteiger partial charge in [-0.1, -0.05) is 0 Å². The normalized spacial score (nSPS) is 12.2. The van der Waals surface area contributed by atoms with E-state index in [1.807, 2.05) is 32.2 Å². The van der Waals surface area contributed by atoms with E-state index in [4.69, 9.17) is 4.42 Å². The molecule has 0 radical (unpaired) electrons. The maximum absolute atomic E-state index is 5.33. The highest BCUT2D eigenvalue weighted by atomic mass is 16.3. The first kappa shape index (κ1) is 13.4. The highest BCUT2D eigenvalue weighted by Crippen LogP contribution is 2.13. The van der Waals surface area contributed by atoms with Crippen LogP contribution in [0, 0.1) is 6.92 Å². The molecule has 102 valence electrons. The van der Waals surface area contributed by atoms with Gasteiger partial charge in [-0.3, -0.25) is 0 Å². The van der Waals surface area contributed by atoms with Gasteiger partial charge in [-0.05, 0) is 32.4 Å². The van der Waals surface area contributed by atoms with Crippen LogP contribution in [-0.2, 0) is 6.42 Å². The number of aryl methyl sites for hydroxylation is 2. The fraction of sp³-hybridized carbons (Fsp3) is 0.429. The molecule has 0 amide bonds. The lowest BCUT2D eigenvalue weighted by Gasteiger charge is -2.14. The lowest BCUT2D eigenvalue weighted by atomic mass is 10.1. The van der Waals surface area contributed by atoms with Crippen molar-refractivity contribution in [2.45, 2.75) is 32.7 Å². The summed E-state index contributed by atoms with van der Waals surface area (Å²) in [5.74, 6) is 3.45. The number of rotatable bonds is 6. The third-order valence-corrected chi connectivity index (χ3v) is 2.89. The zero-order chi connectivity index (χ0) is 13.7. The van der Waals surface area contributed by atoms with Gasteiger partial charge in [0.05, 0.1) is 6.26 Å². The molecule has 0 bridgehead atoms. The van der Waals surface area contributed by atoms with Gasteiger partial charge >= 0.3 is 0 Å². The Morgan fingerprint density at radius 1 is 1.32 bits per heavy atom. The second kappa shape index (κ2) is 6.22. The molecule has 2 rings (SSSR count). The molecule has 1 atom stereocenters. The summed E-state index contributed by atoms with van der Waals surface area (Å²) in [6.45, 7) is 4.03. The topological polar surface area (TPSA) is 63.0 Å². The molecule has 0 aliphatic rings. The molecule has 0 saturated carbocycles. The van der Waals surface area contributed by atoms with Crippen LogP contribution in [0.25, 0.3) is 0 Å². The summed E-state index contributed by atoms with van der Waals surface area (Å²) in [5, 5.41) is 6.42. The fourth-order valence-electron chi connectivity index (χ4n) is 1.91. The van der Waals surface area contributed by atoms with Gasteiger partial charge in [0, 0.05) is 25.6 Å². The van der Waals surface area contributed by atoms with Gasteiger partial charge < -0.3 is 15.1 Å². The predicted octanol–water partition coefficient (Wildman–Crippen LogP) is 2.85. The van der Waals surface area contributed by atoms with Crippen LogP contribution in [0.4, 0.5) is 11.6 Å². The van der Waals surface area contributed by atoms with Crippen molar-refractivity contribution in [2.24, 2.45) is 0 Å². The Bertz CT molecular complexity index is 510. The summed E-state index contributed by atoms with van der Waals surface area (Å²) >= 11 is 0. The molecule has 2 heterocycles. The lowest BCUT2D eigenvalue weighted by Crippen LogP contribution is -2.17. The Balaban J connectivity index is 1.91. The van der Waals surface area contributed by atoms with E-state index in [0.29, 0.717) is 6.04 Å². The van der Waals surface area contributed by atoms with Crippen molar-refractivity contribution in [3.05, 3.63) is 36.0 Å². The van der Waals surface area contributed by atoms with Crippen molar-refractivity contribution >= 4 is 11.6 Å². The minimum Gasteiger partial charge on any atom is -0.469 e. The molecule has 0 spiro atoms. The molecule has 2 aromatic heterocycles. The fourth-order valence-corrected chi connectivity index (χ4v) is 1.91. The van der Waals surface area contributed by atoms with Gasteiger partial charge in [0.15, 0.2) is 0 Å². The minimum absolute atomic E-state index is 0.323. The smallest absolute Gasteiger partial charge is 0.132 e. The van der Waals surface area contributed by atoms with E-state index >= 15 is 0 Å². The molecular formula is C14H20N4O. The van der Waals surface area contributed by atoms with Crippen molar-refractivity contribution in [2.75, 3.05) is 17.7 Å². The monoisotopic (exact) mass is 260 g/mol. The van der Waals surface area contributed by atoms with Gasteiger partial charge in [0.2, 0.25) is 0 Å². The molecule has 5 heteroatoms. The number of furan rings is 1. The average molecular weight is 260 g/mol. The number of nitrogens with one attached hydrogen (secondary N) is 2. The first-order chi connectivity index (χ1) is 9.17. The largest absolute Gasteiger partial charge is 0.469 e. The first-order valence-corrected chi connectivity index (χ1v) is 6.49. The summed E-state index contributed by atoms with van der Waals surface area (Å²) in [5.41, 5.74) is 0. The Kier molecular flexibility index (Phi) is 4.39. The minimum atomic E-state index is 0.323. The highest BCUT2D eigenvalue weighted by molar-refractivity contribution is 5.47. The molecule has 5 nitrogen and oxygen atoms in total. The van der Waals surface area contributed by atoms with Crippen molar-refractivity contribution in [3.63, 3.8) is 0 Å². The van der Waals surface area contributed by atoms with E-state index in [1.165, 1.54) is 0 Å². The number of nitrogens with zero attached hydrogens (tertiary/aromatic N) is 2. The Morgan fingerprint density at radius 3 is 2.79 bits per heavy atom. The molecule has 0 saturated heterocycles. The van der Waals surface area contributed by atoms with Crippen molar-refractivity contribution in [1.82, 2.24) is 9.97 Å². The number of aromatic nitrogens is 2. The summed E-state index contributed by atoms with van der Waals surface area (Å²) in [6.07, 6.45) is 3.62. The van der Waals surface area contributed by atoms with Crippen LogP contribution in [0.5, 0.6) is 0 Å². The zero-order valence-electron chi connectivity index (χ0n) is 11.6. The SMILES string of the molecule is CNc1cc(NC(C)CCc2ccco2)nc(C)n1. The molecule has 2 N–H and O–H groups in total.